The summed E-state index contributed by atoms with van der Waals surface area (Å²) in [4.78, 5) is 11.5. The second kappa shape index (κ2) is 3.76. The van der Waals surface area contributed by atoms with Gasteiger partial charge < -0.3 is 9.47 Å². The van der Waals surface area contributed by atoms with Gasteiger partial charge in [-0.15, -0.1) is 0 Å². The van der Waals surface area contributed by atoms with Crippen LogP contribution in [0, 0.1) is 5.92 Å². The molecule has 1 aromatic rings. The molecule has 1 saturated heterocycles. The molecule has 1 aliphatic heterocycles. The Hall–Kier alpha value is -1.51. The van der Waals surface area contributed by atoms with Gasteiger partial charge in [-0.1, -0.05) is 12.1 Å². The van der Waals surface area contributed by atoms with Crippen LogP contribution in [0.25, 0.3) is 0 Å². The predicted molar refractivity (Wildman–Crippen MR) is 62.7 cm³/mol. The van der Waals surface area contributed by atoms with Crippen LogP contribution in [0.2, 0.25) is 0 Å². The first-order chi connectivity index (χ1) is 8.24. The minimum Gasteiger partial charge on any atom is -0.497 e. The van der Waals surface area contributed by atoms with Gasteiger partial charge in [-0.05, 0) is 37.0 Å². The molecule has 17 heavy (non-hydrogen) atoms. The third-order valence-electron chi connectivity index (χ3n) is 4.05. The van der Waals surface area contributed by atoms with Crippen molar-refractivity contribution in [1.82, 2.24) is 0 Å². The summed E-state index contributed by atoms with van der Waals surface area (Å²) in [6.45, 7) is 0. The summed E-state index contributed by atoms with van der Waals surface area (Å²) in [5.74, 6) is 1.15. The number of carbonyl (C=O) groups excluding carboxylic acids is 1. The Morgan fingerprint density at radius 3 is 2.82 bits per heavy atom. The molecule has 2 aliphatic rings. The van der Waals surface area contributed by atoms with Crippen molar-refractivity contribution >= 4 is 5.97 Å². The highest BCUT2D eigenvalue weighted by atomic mass is 16.6. The lowest BCUT2D eigenvalue weighted by molar-refractivity contribution is -0.149. The number of benzene rings is 1. The fourth-order valence-corrected chi connectivity index (χ4v) is 3.21. The highest BCUT2D eigenvalue weighted by Gasteiger charge is 2.53. The number of ether oxygens (including phenoxy) is 2. The largest absolute Gasteiger partial charge is 0.497 e. The number of esters is 1. The summed E-state index contributed by atoms with van der Waals surface area (Å²) in [5, 5.41) is 0. The van der Waals surface area contributed by atoms with Crippen molar-refractivity contribution in [3.05, 3.63) is 29.8 Å². The third-order valence-corrected chi connectivity index (χ3v) is 4.05. The van der Waals surface area contributed by atoms with Gasteiger partial charge in [0.15, 0.2) is 0 Å². The van der Waals surface area contributed by atoms with Gasteiger partial charge in [-0.2, -0.15) is 0 Å². The summed E-state index contributed by atoms with van der Waals surface area (Å²) >= 11 is 0. The Morgan fingerprint density at radius 1 is 1.35 bits per heavy atom. The van der Waals surface area contributed by atoms with Crippen molar-refractivity contribution in [2.75, 3.05) is 7.11 Å². The number of hydrogen-bond donors (Lipinski definition) is 0. The van der Waals surface area contributed by atoms with Crippen molar-refractivity contribution in [2.24, 2.45) is 5.92 Å². The van der Waals surface area contributed by atoms with Gasteiger partial charge in [0, 0.05) is 5.92 Å². The van der Waals surface area contributed by atoms with E-state index in [0.717, 1.165) is 30.6 Å². The summed E-state index contributed by atoms with van der Waals surface area (Å²) in [6.07, 6.45) is 3.77. The summed E-state index contributed by atoms with van der Waals surface area (Å²) < 4.78 is 10.8. The van der Waals surface area contributed by atoms with Gasteiger partial charge in [0.2, 0.25) is 0 Å². The van der Waals surface area contributed by atoms with Gasteiger partial charge in [0.1, 0.15) is 11.4 Å². The number of carbonyl (C=O) groups is 1. The van der Waals surface area contributed by atoms with E-state index in [1.807, 2.05) is 24.3 Å². The van der Waals surface area contributed by atoms with Crippen molar-refractivity contribution < 1.29 is 14.3 Å². The molecule has 1 saturated carbocycles. The molecule has 90 valence electrons. The minimum atomic E-state index is -0.344. The van der Waals surface area contributed by atoms with Crippen LogP contribution < -0.4 is 4.74 Å². The number of fused-ring (bicyclic) bond motifs is 1. The van der Waals surface area contributed by atoms with E-state index < -0.39 is 0 Å². The molecule has 2 fully saturated rings. The van der Waals surface area contributed by atoms with E-state index >= 15 is 0 Å². The number of methoxy groups -OCH3 is 1. The van der Waals surface area contributed by atoms with E-state index in [0.29, 0.717) is 12.3 Å². The fraction of sp³-hybridized carbons (Fsp3) is 0.500. The van der Waals surface area contributed by atoms with Crippen LogP contribution in [0.1, 0.15) is 31.2 Å². The highest BCUT2D eigenvalue weighted by Crippen LogP contribution is 2.52. The average molecular weight is 232 g/mol. The number of rotatable bonds is 2. The van der Waals surface area contributed by atoms with Crippen molar-refractivity contribution in [1.29, 1.82) is 0 Å². The first kappa shape index (κ1) is 10.6. The lowest BCUT2D eigenvalue weighted by Gasteiger charge is -2.28. The van der Waals surface area contributed by atoms with Crippen LogP contribution in [-0.2, 0) is 15.1 Å². The van der Waals surface area contributed by atoms with E-state index in [2.05, 4.69) is 0 Å². The molecule has 3 rings (SSSR count). The van der Waals surface area contributed by atoms with Crippen LogP contribution in [0.5, 0.6) is 5.75 Å². The molecular formula is C14H16O3. The minimum absolute atomic E-state index is 0.0504. The Bertz CT molecular complexity index is 437. The quantitative estimate of drug-likeness (QED) is 0.735. The maximum atomic E-state index is 11.5. The molecule has 0 amide bonds. The van der Waals surface area contributed by atoms with Crippen LogP contribution in [-0.4, -0.2) is 13.1 Å². The topological polar surface area (TPSA) is 35.5 Å². The zero-order valence-corrected chi connectivity index (χ0v) is 9.94. The summed E-state index contributed by atoms with van der Waals surface area (Å²) in [7, 11) is 1.65. The Morgan fingerprint density at radius 2 is 2.12 bits per heavy atom. The standard InChI is InChI=1S/C14H16O3/c1-16-12-6-4-10(5-7-12)14-8-2-3-11(14)9-13(15)17-14/h4-7,11H,2-3,8-9H2,1H3/t11-,14+/m1/s1. The van der Waals surface area contributed by atoms with Gasteiger partial charge in [0.05, 0.1) is 13.5 Å². The van der Waals surface area contributed by atoms with Gasteiger partial charge in [0.25, 0.3) is 0 Å². The monoisotopic (exact) mass is 232 g/mol. The molecule has 0 radical (unpaired) electrons. The molecule has 1 aromatic carbocycles. The molecule has 2 atom stereocenters. The number of hydrogen-bond acceptors (Lipinski definition) is 3. The molecule has 1 aliphatic carbocycles. The normalized spacial score (nSPS) is 31.1. The maximum Gasteiger partial charge on any atom is 0.307 e. The van der Waals surface area contributed by atoms with Crippen LogP contribution in [0.4, 0.5) is 0 Å². The second-order valence-corrected chi connectivity index (χ2v) is 4.89. The second-order valence-electron chi connectivity index (χ2n) is 4.89. The molecule has 0 unspecified atom stereocenters. The smallest absolute Gasteiger partial charge is 0.307 e. The molecule has 3 heteroatoms. The molecular weight excluding hydrogens is 216 g/mol. The third kappa shape index (κ3) is 1.53. The Balaban J connectivity index is 1.98. The van der Waals surface area contributed by atoms with Crippen molar-refractivity contribution in [2.45, 2.75) is 31.3 Å². The maximum absolute atomic E-state index is 11.5. The predicted octanol–water partition coefficient (Wildman–Crippen LogP) is 2.64. The van der Waals surface area contributed by atoms with Crippen LogP contribution >= 0.6 is 0 Å². The summed E-state index contributed by atoms with van der Waals surface area (Å²) in [5.41, 5.74) is 0.773. The van der Waals surface area contributed by atoms with Crippen molar-refractivity contribution in [3.63, 3.8) is 0 Å². The van der Waals surface area contributed by atoms with E-state index in [9.17, 15) is 4.79 Å². The first-order valence-corrected chi connectivity index (χ1v) is 6.11. The molecule has 1 heterocycles. The van der Waals surface area contributed by atoms with Gasteiger partial charge >= 0.3 is 5.97 Å². The van der Waals surface area contributed by atoms with Crippen LogP contribution in [0.3, 0.4) is 0 Å². The average Bonchev–Trinajstić information content (AvgIpc) is 2.86. The lowest BCUT2D eigenvalue weighted by Crippen LogP contribution is -2.27. The van der Waals surface area contributed by atoms with E-state index in [1.54, 1.807) is 7.11 Å². The Kier molecular flexibility index (Phi) is 2.35. The zero-order chi connectivity index (χ0) is 11.9. The van der Waals surface area contributed by atoms with E-state index in [1.165, 1.54) is 0 Å². The van der Waals surface area contributed by atoms with Crippen LogP contribution in [0.15, 0.2) is 24.3 Å². The molecule has 3 nitrogen and oxygen atoms in total. The van der Waals surface area contributed by atoms with Crippen molar-refractivity contribution in [3.8, 4) is 5.75 Å². The summed E-state index contributed by atoms with van der Waals surface area (Å²) in [6, 6.07) is 7.92. The van der Waals surface area contributed by atoms with Gasteiger partial charge in [-0.3, -0.25) is 4.79 Å². The van der Waals surface area contributed by atoms with E-state index in [-0.39, 0.29) is 11.6 Å². The highest BCUT2D eigenvalue weighted by molar-refractivity contribution is 5.73. The lowest BCUT2D eigenvalue weighted by atomic mass is 9.84. The molecule has 0 N–H and O–H groups in total. The Labute approximate surface area is 101 Å². The zero-order valence-electron chi connectivity index (χ0n) is 9.94. The molecule has 0 bridgehead atoms. The van der Waals surface area contributed by atoms with Gasteiger partial charge in [-0.25, -0.2) is 0 Å². The molecule has 0 spiro atoms. The van der Waals surface area contributed by atoms with E-state index in [4.69, 9.17) is 9.47 Å². The molecule has 0 aromatic heterocycles. The fourth-order valence-electron chi connectivity index (χ4n) is 3.21. The SMILES string of the molecule is COc1ccc([C@@]23CCC[C@@H]2CC(=O)O3)cc1. The first-order valence-electron chi connectivity index (χ1n) is 6.11.